The number of nitrogens with one attached hydrogen (secondary N) is 1. The van der Waals surface area contributed by atoms with Crippen LogP contribution in [0.15, 0.2) is 18.2 Å². The highest BCUT2D eigenvalue weighted by Gasteiger charge is 2.41. The minimum Gasteiger partial charge on any atom is -0.399 e. The predicted octanol–water partition coefficient (Wildman–Crippen LogP) is 3.81. The third-order valence-corrected chi connectivity index (χ3v) is 5.07. The number of benzene rings is 1. The van der Waals surface area contributed by atoms with Gasteiger partial charge in [0.25, 0.3) is 0 Å². The maximum absolute atomic E-state index is 5.80. The Morgan fingerprint density at radius 3 is 2.72 bits per heavy atom. The van der Waals surface area contributed by atoms with Crippen molar-refractivity contribution in [3.8, 4) is 0 Å². The molecule has 0 aliphatic heterocycles. The topological polar surface area (TPSA) is 38.0 Å². The molecule has 2 bridgehead atoms. The Morgan fingerprint density at radius 2 is 2.11 bits per heavy atom. The van der Waals surface area contributed by atoms with Gasteiger partial charge in [-0.25, -0.2) is 0 Å². The molecule has 2 nitrogen and oxygen atoms in total. The standard InChI is InChI=1S/C16H24N2/c1-10-7-14(17)5-6-16(10)18-11(2)15-9-12-3-4-13(15)8-12/h5-7,11-13,15,18H,3-4,8-9,17H2,1-2H3. The minimum atomic E-state index is 0.586. The fraction of sp³-hybridized carbons (Fsp3) is 0.625. The smallest absolute Gasteiger partial charge is 0.0373 e. The van der Waals surface area contributed by atoms with Gasteiger partial charge in [0.1, 0.15) is 0 Å². The summed E-state index contributed by atoms with van der Waals surface area (Å²) in [6.45, 7) is 4.48. The SMILES string of the molecule is Cc1cc(N)ccc1NC(C)C1CC2CCC1C2. The molecule has 0 saturated heterocycles. The van der Waals surface area contributed by atoms with E-state index < -0.39 is 0 Å². The first-order chi connectivity index (χ1) is 8.63. The molecule has 1 aromatic rings. The summed E-state index contributed by atoms with van der Waals surface area (Å²) in [6.07, 6.45) is 5.86. The van der Waals surface area contributed by atoms with Crippen molar-refractivity contribution >= 4 is 11.4 Å². The molecule has 4 atom stereocenters. The third kappa shape index (κ3) is 2.09. The van der Waals surface area contributed by atoms with Gasteiger partial charge >= 0.3 is 0 Å². The quantitative estimate of drug-likeness (QED) is 0.793. The van der Waals surface area contributed by atoms with Crippen LogP contribution in [0.1, 0.15) is 38.2 Å². The second-order valence-corrected chi connectivity index (χ2v) is 6.35. The zero-order valence-corrected chi connectivity index (χ0v) is 11.4. The lowest BCUT2D eigenvalue weighted by molar-refractivity contribution is 0.304. The molecule has 2 fully saturated rings. The molecule has 2 saturated carbocycles. The van der Waals surface area contributed by atoms with E-state index in [4.69, 9.17) is 5.73 Å². The molecule has 0 amide bonds. The van der Waals surface area contributed by atoms with E-state index in [2.05, 4.69) is 31.3 Å². The van der Waals surface area contributed by atoms with Crippen LogP contribution in [0.4, 0.5) is 11.4 Å². The summed E-state index contributed by atoms with van der Waals surface area (Å²) >= 11 is 0. The van der Waals surface area contributed by atoms with E-state index in [1.54, 1.807) is 0 Å². The third-order valence-electron chi connectivity index (χ3n) is 5.07. The minimum absolute atomic E-state index is 0.586. The first kappa shape index (κ1) is 11.9. The van der Waals surface area contributed by atoms with Crippen molar-refractivity contribution in [3.63, 3.8) is 0 Å². The molecule has 0 heterocycles. The average molecular weight is 244 g/mol. The molecule has 2 aliphatic carbocycles. The molecule has 0 radical (unpaired) electrons. The van der Waals surface area contributed by atoms with Gasteiger partial charge in [-0.2, -0.15) is 0 Å². The molecule has 2 heteroatoms. The van der Waals surface area contributed by atoms with Crippen molar-refractivity contribution in [2.45, 2.75) is 45.6 Å². The number of rotatable bonds is 3. The highest BCUT2D eigenvalue weighted by molar-refractivity contribution is 5.57. The number of nitrogens with two attached hydrogens (primary N) is 1. The fourth-order valence-electron chi connectivity index (χ4n) is 4.11. The van der Waals surface area contributed by atoms with Gasteiger partial charge in [0.05, 0.1) is 0 Å². The Bertz CT molecular complexity index is 441. The summed E-state index contributed by atoms with van der Waals surface area (Å²) in [5, 5.41) is 3.71. The number of hydrogen-bond donors (Lipinski definition) is 2. The molecule has 4 unspecified atom stereocenters. The van der Waals surface area contributed by atoms with Crippen LogP contribution in [0.25, 0.3) is 0 Å². The lowest BCUT2D eigenvalue weighted by atomic mass is 9.84. The number of fused-ring (bicyclic) bond motifs is 2. The molecule has 98 valence electrons. The second kappa shape index (κ2) is 4.49. The Kier molecular flexibility index (Phi) is 2.96. The lowest BCUT2D eigenvalue weighted by Gasteiger charge is -2.29. The predicted molar refractivity (Wildman–Crippen MR) is 77.6 cm³/mol. The van der Waals surface area contributed by atoms with Crippen LogP contribution in [0, 0.1) is 24.7 Å². The Labute approximate surface area is 110 Å². The van der Waals surface area contributed by atoms with Crippen LogP contribution in [0.3, 0.4) is 0 Å². The Morgan fingerprint density at radius 1 is 1.28 bits per heavy atom. The van der Waals surface area contributed by atoms with Gasteiger partial charge in [-0.15, -0.1) is 0 Å². The Balaban J connectivity index is 1.69. The summed E-state index contributed by atoms with van der Waals surface area (Å²) in [5.41, 5.74) is 9.16. The molecule has 0 spiro atoms. The maximum Gasteiger partial charge on any atom is 0.0373 e. The highest BCUT2D eigenvalue weighted by Crippen LogP contribution is 2.49. The van der Waals surface area contributed by atoms with Gasteiger partial charge in [0.2, 0.25) is 0 Å². The van der Waals surface area contributed by atoms with Crippen molar-refractivity contribution in [2.24, 2.45) is 17.8 Å². The number of aryl methyl sites for hydroxylation is 1. The van der Waals surface area contributed by atoms with Crippen LogP contribution in [0.5, 0.6) is 0 Å². The number of nitrogen functional groups attached to an aromatic ring is 1. The van der Waals surface area contributed by atoms with Gasteiger partial charge in [0, 0.05) is 17.4 Å². The number of anilines is 2. The molecule has 1 aromatic carbocycles. The molecule has 3 N–H and O–H groups in total. The van der Waals surface area contributed by atoms with Crippen molar-refractivity contribution in [1.29, 1.82) is 0 Å². The van der Waals surface area contributed by atoms with Gasteiger partial charge < -0.3 is 11.1 Å². The maximum atomic E-state index is 5.80. The van der Waals surface area contributed by atoms with E-state index in [-0.39, 0.29) is 0 Å². The van der Waals surface area contributed by atoms with Gasteiger partial charge in [-0.05, 0) is 74.6 Å². The van der Waals surface area contributed by atoms with Gasteiger partial charge in [-0.1, -0.05) is 6.42 Å². The lowest BCUT2D eigenvalue weighted by Crippen LogP contribution is -2.30. The van der Waals surface area contributed by atoms with Crippen molar-refractivity contribution in [2.75, 3.05) is 11.1 Å². The van der Waals surface area contributed by atoms with Crippen LogP contribution >= 0.6 is 0 Å². The first-order valence-corrected chi connectivity index (χ1v) is 7.26. The molecular weight excluding hydrogens is 220 g/mol. The second-order valence-electron chi connectivity index (χ2n) is 6.35. The largest absolute Gasteiger partial charge is 0.399 e. The van der Waals surface area contributed by atoms with E-state index in [0.29, 0.717) is 6.04 Å². The molecular formula is C16H24N2. The zero-order chi connectivity index (χ0) is 12.7. The van der Waals surface area contributed by atoms with E-state index >= 15 is 0 Å². The Hall–Kier alpha value is -1.18. The zero-order valence-electron chi connectivity index (χ0n) is 11.4. The summed E-state index contributed by atoms with van der Waals surface area (Å²) in [5.74, 6) is 2.88. The monoisotopic (exact) mass is 244 g/mol. The molecule has 0 aromatic heterocycles. The molecule has 18 heavy (non-hydrogen) atoms. The highest BCUT2D eigenvalue weighted by atomic mass is 14.9. The first-order valence-electron chi connectivity index (χ1n) is 7.26. The van der Waals surface area contributed by atoms with Crippen molar-refractivity contribution in [1.82, 2.24) is 0 Å². The van der Waals surface area contributed by atoms with Crippen LogP contribution < -0.4 is 11.1 Å². The van der Waals surface area contributed by atoms with E-state index in [1.807, 2.05) is 6.07 Å². The van der Waals surface area contributed by atoms with E-state index in [0.717, 1.165) is 23.4 Å². The fourth-order valence-corrected chi connectivity index (χ4v) is 4.11. The summed E-state index contributed by atoms with van der Waals surface area (Å²) in [7, 11) is 0. The summed E-state index contributed by atoms with van der Waals surface area (Å²) < 4.78 is 0. The molecule has 2 aliphatic rings. The summed E-state index contributed by atoms with van der Waals surface area (Å²) in [6, 6.07) is 6.75. The van der Waals surface area contributed by atoms with Crippen LogP contribution in [-0.4, -0.2) is 6.04 Å². The summed E-state index contributed by atoms with van der Waals surface area (Å²) in [4.78, 5) is 0. The van der Waals surface area contributed by atoms with Gasteiger partial charge in [-0.3, -0.25) is 0 Å². The van der Waals surface area contributed by atoms with Crippen molar-refractivity contribution < 1.29 is 0 Å². The van der Waals surface area contributed by atoms with Crippen molar-refractivity contribution in [3.05, 3.63) is 23.8 Å². The van der Waals surface area contributed by atoms with Gasteiger partial charge in [0.15, 0.2) is 0 Å². The number of hydrogen-bond acceptors (Lipinski definition) is 2. The average Bonchev–Trinajstić information content (AvgIpc) is 2.94. The molecule has 3 rings (SSSR count). The van der Waals surface area contributed by atoms with E-state index in [1.165, 1.54) is 36.9 Å². The normalized spacial score (nSPS) is 31.6. The van der Waals surface area contributed by atoms with E-state index in [9.17, 15) is 0 Å². The van der Waals surface area contributed by atoms with Crippen LogP contribution in [-0.2, 0) is 0 Å². The van der Waals surface area contributed by atoms with Crippen LogP contribution in [0.2, 0.25) is 0 Å².